The minimum absolute atomic E-state index is 0.00382. The van der Waals surface area contributed by atoms with Crippen LogP contribution in [0.2, 0.25) is 0 Å². The van der Waals surface area contributed by atoms with Crippen LogP contribution in [0, 0.1) is 5.92 Å². The molecule has 0 radical (unpaired) electrons. The van der Waals surface area contributed by atoms with Crippen molar-refractivity contribution in [3.05, 3.63) is 69.6 Å². The SMILES string of the molecule is CC(C)CNC(=O)c1cn(C(C)C)cc(C(=O)N[C@H]2CCN(Cc3ccccc3)C2)c1=O. The van der Waals surface area contributed by atoms with Crippen LogP contribution < -0.4 is 16.1 Å². The molecule has 172 valence electrons. The van der Waals surface area contributed by atoms with Crippen molar-refractivity contribution in [2.75, 3.05) is 19.6 Å². The summed E-state index contributed by atoms with van der Waals surface area (Å²) in [6.07, 6.45) is 3.92. The molecule has 1 aromatic heterocycles. The van der Waals surface area contributed by atoms with E-state index in [-0.39, 0.29) is 29.1 Å². The molecular weight excluding hydrogens is 404 g/mol. The molecule has 1 saturated heterocycles. The summed E-state index contributed by atoms with van der Waals surface area (Å²) in [4.78, 5) is 40.9. The van der Waals surface area contributed by atoms with Crippen LogP contribution in [0.1, 0.15) is 66.4 Å². The highest BCUT2D eigenvalue weighted by atomic mass is 16.2. The number of rotatable bonds is 8. The molecule has 0 saturated carbocycles. The van der Waals surface area contributed by atoms with E-state index >= 15 is 0 Å². The van der Waals surface area contributed by atoms with Crippen molar-refractivity contribution in [2.45, 2.75) is 52.7 Å². The Hall–Kier alpha value is -2.93. The molecule has 32 heavy (non-hydrogen) atoms. The van der Waals surface area contributed by atoms with E-state index in [1.54, 1.807) is 10.8 Å². The summed E-state index contributed by atoms with van der Waals surface area (Å²) in [5, 5.41) is 5.79. The van der Waals surface area contributed by atoms with E-state index in [1.165, 1.54) is 11.8 Å². The third kappa shape index (κ3) is 6.07. The number of carbonyl (C=O) groups is 2. The summed E-state index contributed by atoms with van der Waals surface area (Å²) < 4.78 is 1.75. The van der Waals surface area contributed by atoms with Gasteiger partial charge in [0.15, 0.2) is 0 Å². The number of nitrogens with zero attached hydrogens (tertiary/aromatic N) is 2. The Balaban J connectivity index is 1.73. The van der Waals surface area contributed by atoms with Crippen LogP contribution in [-0.4, -0.2) is 47.0 Å². The second-order valence-electron chi connectivity index (χ2n) is 9.24. The largest absolute Gasteiger partial charge is 0.352 e. The lowest BCUT2D eigenvalue weighted by Gasteiger charge is -2.18. The van der Waals surface area contributed by atoms with Gasteiger partial charge in [0.2, 0.25) is 5.43 Å². The van der Waals surface area contributed by atoms with Gasteiger partial charge in [0.05, 0.1) is 0 Å². The van der Waals surface area contributed by atoms with Gasteiger partial charge in [-0.15, -0.1) is 0 Å². The number of hydrogen-bond acceptors (Lipinski definition) is 4. The van der Waals surface area contributed by atoms with Crippen molar-refractivity contribution in [1.29, 1.82) is 0 Å². The van der Waals surface area contributed by atoms with Gasteiger partial charge in [0.1, 0.15) is 11.1 Å². The highest BCUT2D eigenvalue weighted by Gasteiger charge is 2.26. The zero-order valence-corrected chi connectivity index (χ0v) is 19.4. The van der Waals surface area contributed by atoms with Crippen LogP contribution >= 0.6 is 0 Å². The van der Waals surface area contributed by atoms with Gasteiger partial charge >= 0.3 is 0 Å². The van der Waals surface area contributed by atoms with Crippen molar-refractivity contribution < 1.29 is 9.59 Å². The smallest absolute Gasteiger partial charge is 0.257 e. The minimum atomic E-state index is -0.528. The van der Waals surface area contributed by atoms with Crippen LogP contribution in [0.5, 0.6) is 0 Å². The summed E-state index contributed by atoms with van der Waals surface area (Å²) in [6.45, 7) is 10.8. The number of amides is 2. The molecule has 1 aliphatic rings. The van der Waals surface area contributed by atoms with E-state index in [1.807, 2.05) is 45.9 Å². The van der Waals surface area contributed by atoms with E-state index in [4.69, 9.17) is 0 Å². The lowest BCUT2D eigenvalue weighted by molar-refractivity contribution is 0.0935. The van der Waals surface area contributed by atoms with Gasteiger partial charge in [-0.3, -0.25) is 19.3 Å². The first-order valence-electron chi connectivity index (χ1n) is 11.4. The summed E-state index contributed by atoms with van der Waals surface area (Å²) in [5.41, 5.74) is 0.723. The predicted molar refractivity (Wildman–Crippen MR) is 126 cm³/mol. The number of likely N-dealkylation sites (tertiary alicyclic amines) is 1. The van der Waals surface area contributed by atoms with Crippen molar-refractivity contribution in [3.8, 4) is 0 Å². The quantitative estimate of drug-likeness (QED) is 0.664. The summed E-state index contributed by atoms with van der Waals surface area (Å²) >= 11 is 0. The first-order valence-corrected chi connectivity index (χ1v) is 11.4. The molecular formula is C25H34N4O3. The number of aromatic nitrogens is 1. The van der Waals surface area contributed by atoms with Crippen molar-refractivity contribution in [3.63, 3.8) is 0 Å². The number of carbonyl (C=O) groups excluding carboxylic acids is 2. The number of pyridine rings is 1. The minimum Gasteiger partial charge on any atom is -0.352 e. The standard InChI is InChI=1S/C25H34N4O3/c1-17(2)12-26-24(31)21-15-29(18(3)4)16-22(23(21)30)25(32)27-20-10-11-28(14-20)13-19-8-6-5-7-9-19/h5-9,15-18,20H,10-14H2,1-4H3,(H,26,31)(H,27,32)/t20-/m0/s1. The first kappa shape index (κ1) is 23.7. The maximum absolute atomic E-state index is 13.0. The second kappa shape index (κ2) is 10.6. The van der Waals surface area contributed by atoms with Crippen molar-refractivity contribution in [2.24, 2.45) is 5.92 Å². The molecule has 7 nitrogen and oxygen atoms in total. The van der Waals surface area contributed by atoms with Gasteiger partial charge in [-0.1, -0.05) is 44.2 Å². The molecule has 1 fully saturated rings. The average Bonchev–Trinajstić information content (AvgIpc) is 3.19. The highest BCUT2D eigenvalue weighted by molar-refractivity contribution is 5.99. The number of benzene rings is 1. The number of hydrogen-bond donors (Lipinski definition) is 2. The Morgan fingerprint density at radius 1 is 1.03 bits per heavy atom. The molecule has 0 bridgehead atoms. The maximum Gasteiger partial charge on any atom is 0.257 e. The number of nitrogens with one attached hydrogen (secondary N) is 2. The fourth-order valence-corrected chi connectivity index (χ4v) is 3.81. The Kier molecular flexibility index (Phi) is 7.85. The Bertz CT molecular complexity index is 998. The van der Waals surface area contributed by atoms with Gasteiger partial charge in [-0.25, -0.2) is 0 Å². The fraction of sp³-hybridized carbons (Fsp3) is 0.480. The van der Waals surface area contributed by atoms with Gasteiger partial charge in [0, 0.05) is 50.7 Å². The van der Waals surface area contributed by atoms with Gasteiger partial charge in [-0.2, -0.15) is 0 Å². The zero-order chi connectivity index (χ0) is 23.3. The predicted octanol–water partition coefficient (Wildman–Crippen LogP) is 2.82. The maximum atomic E-state index is 13.0. The summed E-state index contributed by atoms with van der Waals surface area (Å²) in [6, 6.07) is 10.2. The monoisotopic (exact) mass is 438 g/mol. The van der Waals surface area contributed by atoms with Crippen molar-refractivity contribution in [1.82, 2.24) is 20.1 Å². The van der Waals surface area contributed by atoms with E-state index in [0.29, 0.717) is 6.54 Å². The molecule has 7 heteroatoms. The summed E-state index contributed by atoms with van der Waals surface area (Å²) in [5.74, 6) is -0.601. The molecule has 2 N–H and O–H groups in total. The van der Waals surface area contributed by atoms with Crippen LogP contribution in [0.3, 0.4) is 0 Å². The molecule has 2 heterocycles. The molecule has 3 rings (SSSR count). The molecule has 1 aliphatic heterocycles. The fourth-order valence-electron chi connectivity index (χ4n) is 3.81. The molecule has 1 aromatic carbocycles. The molecule has 2 aromatic rings. The van der Waals surface area contributed by atoms with Gasteiger partial charge in [0.25, 0.3) is 11.8 Å². The van der Waals surface area contributed by atoms with E-state index in [2.05, 4.69) is 27.7 Å². The van der Waals surface area contributed by atoms with E-state index in [0.717, 1.165) is 26.1 Å². The highest BCUT2D eigenvalue weighted by Crippen LogP contribution is 2.14. The van der Waals surface area contributed by atoms with Gasteiger partial charge in [-0.05, 0) is 31.7 Å². The van der Waals surface area contributed by atoms with E-state index < -0.39 is 17.2 Å². The van der Waals surface area contributed by atoms with Crippen LogP contribution in [0.4, 0.5) is 0 Å². The lowest BCUT2D eigenvalue weighted by Crippen LogP contribution is -2.41. The normalized spacial score (nSPS) is 16.5. The first-order chi connectivity index (χ1) is 15.2. The molecule has 1 atom stereocenters. The molecule has 2 amide bonds. The average molecular weight is 439 g/mol. The second-order valence-corrected chi connectivity index (χ2v) is 9.24. The molecule has 0 unspecified atom stereocenters. The third-order valence-corrected chi connectivity index (χ3v) is 5.66. The zero-order valence-electron chi connectivity index (χ0n) is 19.4. The molecule has 0 spiro atoms. The Labute approximate surface area is 189 Å². The van der Waals surface area contributed by atoms with Crippen LogP contribution in [0.25, 0.3) is 0 Å². The molecule has 0 aliphatic carbocycles. The van der Waals surface area contributed by atoms with Crippen LogP contribution in [-0.2, 0) is 6.54 Å². The van der Waals surface area contributed by atoms with E-state index in [9.17, 15) is 14.4 Å². The Morgan fingerprint density at radius 2 is 1.69 bits per heavy atom. The topological polar surface area (TPSA) is 83.4 Å². The van der Waals surface area contributed by atoms with Crippen molar-refractivity contribution >= 4 is 11.8 Å². The van der Waals surface area contributed by atoms with Crippen LogP contribution in [0.15, 0.2) is 47.5 Å². The summed E-state index contributed by atoms with van der Waals surface area (Å²) in [7, 11) is 0. The lowest BCUT2D eigenvalue weighted by atomic mass is 10.1. The Morgan fingerprint density at radius 3 is 2.31 bits per heavy atom. The van der Waals surface area contributed by atoms with Gasteiger partial charge < -0.3 is 15.2 Å². The third-order valence-electron chi connectivity index (χ3n) is 5.66.